The summed E-state index contributed by atoms with van der Waals surface area (Å²) in [5, 5.41) is 3.26. The van der Waals surface area contributed by atoms with Gasteiger partial charge in [-0.05, 0) is 37.8 Å². The molecule has 120 valence electrons. The number of nitrogens with one attached hydrogen (secondary N) is 3. The molecule has 21 heavy (non-hydrogen) atoms. The van der Waals surface area contributed by atoms with E-state index in [1.165, 1.54) is 12.8 Å². The molecule has 0 amide bonds. The van der Waals surface area contributed by atoms with Gasteiger partial charge in [-0.25, -0.2) is 13.1 Å². The van der Waals surface area contributed by atoms with Gasteiger partial charge >= 0.3 is 0 Å². The minimum Gasteiger partial charge on any atom is -0.363 e. The molecule has 6 heteroatoms. The van der Waals surface area contributed by atoms with Gasteiger partial charge in [-0.2, -0.15) is 0 Å². The topological polar surface area (TPSA) is 74.0 Å². The second kappa shape index (κ2) is 7.42. The van der Waals surface area contributed by atoms with Crippen molar-refractivity contribution in [1.82, 2.24) is 15.0 Å². The predicted octanol–water partition coefficient (Wildman–Crippen LogP) is 2.37. The maximum atomic E-state index is 12.4. The number of aromatic nitrogens is 1. The van der Waals surface area contributed by atoms with Crippen LogP contribution in [0.15, 0.2) is 17.2 Å². The number of sulfonamides is 1. The molecule has 0 radical (unpaired) electrons. The molecule has 1 unspecified atom stereocenters. The second-order valence-corrected chi connectivity index (χ2v) is 7.66. The summed E-state index contributed by atoms with van der Waals surface area (Å²) in [6.07, 6.45) is 6.93. The van der Waals surface area contributed by atoms with Crippen LogP contribution in [0.3, 0.4) is 0 Å². The molecule has 3 N–H and O–H groups in total. The van der Waals surface area contributed by atoms with E-state index in [0.717, 1.165) is 37.4 Å². The molecule has 5 nitrogen and oxygen atoms in total. The van der Waals surface area contributed by atoms with Crippen molar-refractivity contribution in [2.45, 2.75) is 63.4 Å². The van der Waals surface area contributed by atoms with Crippen LogP contribution in [0.2, 0.25) is 0 Å². The molecule has 0 saturated heterocycles. The lowest BCUT2D eigenvalue weighted by Crippen LogP contribution is -2.34. The fraction of sp³-hybridized carbons (Fsp3) is 0.733. The molecule has 1 aliphatic carbocycles. The molecule has 2 rings (SSSR count). The highest BCUT2D eigenvalue weighted by molar-refractivity contribution is 7.89. The smallest absolute Gasteiger partial charge is 0.242 e. The van der Waals surface area contributed by atoms with Crippen LogP contribution < -0.4 is 10.0 Å². The van der Waals surface area contributed by atoms with Gasteiger partial charge in [0.05, 0.1) is 4.90 Å². The molecule has 1 saturated carbocycles. The Morgan fingerprint density at radius 2 is 2.14 bits per heavy atom. The molecular weight excluding hydrogens is 286 g/mol. The molecule has 0 aromatic carbocycles. The maximum absolute atomic E-state index is 12.4. The van der Waals surface area contributed by atoms with Gasteiger partial charge in [-0.15, -0.1) is 0 Å². The second-order valence-electron chi connectivity index (χ2n) is 5.94. The zero-order valence-corrected chi connectivity index (χ0v) is 13.8. The molecule has 1 fully saturated rings. The Balaban J connectivity index is 1.94. The van der Waals surface area contributed by atoms with Crippen molar-refractivity contribution in [3.8, 4) is 0 Å². The van der Waals surface area contributed by atoms with Crippen LogP contribution in [0.5, 0.6) is 0 Å². The Labute approximate surface area is 128 Å². The third kappa shape index (κ3) is 5.13. The van der Waals surface area contributed by atoms with Crippen LogP contribution in [-0.2, 0) is 16.6 Å². The minimum absolute atomic E-state index is 0.0547. The Morgan fingerprint density at radius 1 is 1.38 bits per heavy atom. The van der Waals surface area contributed by atoms with Crippen molar-refractivity contribution in [1.29, 1.82) is 0 Å². The normalized spacial score (nSPS) is 17.0. The first-order valence-electron chi connectivity index (χ1n) is 7.95. The molecule has 1 aliphatic rings. The number of H-pyrrole nitrogens is 1. The predicted molar refractivity (Wildman–Crippen MR) is 84.5 cm³/mol. The van der Waals surface area contributed by atoms with Crippen molar-refractivity contribution >= 4 is 10.0 Å². The third-order valence-corrected chi connectivity index (χ3v) is 5.40. The number of aromatic amines is 1. The Morgan fingerprint density at radius 3 is 2.76 bits per heavy atom. The van der Waals surface area contributed by atoms with Crippen molar-refractivity contribution in [3.05, 3.63) is 18.0 Å². The third-order valence-electron chi connectivity index (χ3n) is 3.90. The van der Waals surface area contributed by atoms with Crippen LogP contribution in [0.25, 0.3) is 0 Å². The molecule has 0 bridgehead atoms. The van der Waals surface area contributed by atoms with Gasteiger partial charge in [0.25, 0.3) is 0 Å². The van der Waals surface area contributed by atoms with E-state index >= 15 is 0 Å². The summed E-state index contributed by atoms with van der Waals surface area (Å²) in [4.78, 5) is 3.37. The summed E-state index contributed by atoms with van der Waals surface area (Å²) in [6, 6.07) is 1.77. The average molecular weight is 313 g/mol. The molecule has 0 spiro atoms. The van der Waals surface area contributed by atoms with E-state index in [4.69, 9.17) is 0 Å². The average Bonchev–Trinajstić information content (AvgIpc) is 3.12. The van der Waals surface area contributed by atoms with Gasteiger partial charge in [0, 0.05) is 24.5 Å². The first-order valence-corrected chi connectivity index (χ1v) is 9.43. The number of hydrogen-bond acceptors (Lipinski definition) is 3. The molecule has 1 heterocycles. The van der Waals surface area contributed by atoms with Crippen LogP contribution in [0, 0.1) is 5.92 Å². The van der Waals surface area contributed by atoms with Crippen molar-refractivity contribution in [2.75, 3.05) is 6.54 Å². The van der Waals surface area contributed by atoms with E-state index in [9.17, 15) is 8.42 Å². The molecule has 1 aromatic heterocycles. The molecule has 1 aromatic rings. The zero-order chi connectivity index (χ0) is 15.3. The summed E-state index contributed by atoms with van der Waals surface area (Å²) >= 11 is 0. The highest BCUT2D eigenvalue weighted by Crippen LogP contribution is 2.34. The Hall–Kier alpha value is -0.850. The SMILES string of the molecule is CCCNCc1cc(S(=O)(=O)NC(CC)CC2CC2)c[nH]1. The van der Waals surface area contributed by atoms with E-state index in [-0.39, 0.29) is 6.04 Å². The van der Waals surface area contributed by atoms with Crippen LogP contribution in [0.1, 0.15) is 51.6 Å². The number of rotatable bonds is 10. The fourth-order valence-corrected chi connectivity index (χ4v) is 3.77. The standard InChI is InChI=1S/C15H27N3O2S/c1-3-7-16-10-14-9-15(11-17-14)21(19,20)18-13(4-2)8-12-5-6-12/h9,11-13,16-18H,3-8,10H2,1-2H3. The summed E-state index contributed by atoms with van der Waals surface area (Å²) < 4.78 is 27.6. The fourth-order valence-electron chi connectivity index (χ4n) is 2.42. The van der Waals surface area contributed by atoms with E-state index < -0.39 is 10.0 Å². The molecular formula is C15H27N3O2S. The van der Waals surface area contributed by atoms with Crippen LogP contribution in [0.4, 0.5) is 0 Å². The maximum Gasteiger partial charge on any atom is 0.242 e. The largest absolute Gasteiger partial charge is 0.363 e. The van der Waals surface area contributed by atoms with Crippen LogP contribution >= 0.6 is 0 Å². The number of hydrogen-bond donors (Lipinski definition) is 3. The zero-order valence-electron chi connectivity index (χ0n) is 13.0. The lowest BCUT2D eigenvalue weighted by Gasteiger charge is -2.16. The summed E-state index contributed by atoms with van der Waals surface area (Å²) in [5.41, 5.74) is 0.902. The van der Waals surface area contributed by atoms with Crippen LogP contribution in [-0.4, -0.2) is 26.0 Å². The van der Waals surface area contributed by atoms with E-state index in [0.29, 0.717) is 11.4 Å². The van der Waals surface area contributed by atoms with Gasteiger partial charge in [-0.1, -0.05) is 26.7 Å². The lowest BCUT2D eigenvalue weighted by molar-refractivity contribution is 0.495. The Bertz CT molecular complexity index is 535. The van der Waals surface area contributed by atoms with Gasteiger partial charge in [-0.3, -0.25) is 0 Å². The van der Waals surface area contributed by atoms with Crippen molar-refractivity contribution < 1.29 is 8.42 Å². The summed E-state index contributed by atoms with van der Waals surface area (Å²) in [7, 11) is -3.41. The van der Waals surface area contributed by atoms with E-state index in [1.54, 1.807) is 12.3 Å². The first-order chi connectivity index (χ1) is 10.0. The van der Waals surface area contributed by atoms with E-state index in [2.05, 4.69) is 21.9 Å². The minimum atomic E-state index is -3.41. The quantitative estimate of drug-likeness (QED) is 0.581. The first kappa shape index (κ1) is 16.5. The van der Waals surface area contributed by atoms with Gasteiger partial charge in [0.2, 0.25) is 10.0 Å². The van der Waals surface area contributed by atoms with E-state index in [1.807, 2.05) is 6.92 Å². The lowest BCUT2D eigenvalue weighted by atomic mass is 10.1. The monoisotopic (exact) mass is 313 g/mol. The molecule has 0 aliphatic heterocycles. The van der Waals surface area contributed by atoms with Crippen molar-refractivity contribution in [2.24, 2.45) is 5.92 Å². The highest BCUT2D eigenvalue weighted by atomic mass is 32.2. The van der Waals surface area contributed by atoms with Gasteiger partial charge < -0.3 is 10.3 Å². The summed E-state index contributed by atoms with van der Waals surface area (Å²) in [6.45, 7) is 5.74. The van der Waals surface area contributed by atoms with Crippen molar-refractivity contribution in [3.63, 3.8) is 0 Å². The Kier molecular flexibility index (Phi) is 5.84. The molecule has 1 atom stereocenters. The van der Waals surface area contributed by atoms with Gasteiger partial charge in [0.1, 0.15) is 0 Å². The van der Waals surface area contributed by atoms with Gasteiger partial charge in [0.15, 0.2) is 0 Å². The summed E-state index contributed by atoms with van der Waals surface area (Å²) in [5.74, 6) is 0.720. The highest BCUT2D eigenvalue weighted by Gasteiger charge is 2.27.